The Morgan fingerprint density at radius 1 is 1.29 bits per heavy atom. The molecule has 3 aromatic rings. The summed E-state index contributed by atoms with van der Waals surface area (Å²) in [6.45, 7) is 0. The van der Waals surface area contributed by atoms with Gasteiger partial charge in [0.1, 0.15) is 4.88 Å². The van der Waals surface area contributed by atoms with E-state index in [1.807, 2.05) is 24.3 Å². The highest BCUT2D eigenvalue weighted by Gasteiger charge is 2.10. The third-order valence-corrected chi connectivity index (χ3v) is 3.03. The molecule has 1 aromatic carbocycles. The Labute approximate surface area is 101 Å². The predicted octanol–water partition coefficient (Wildman–Crippen LogP) is 2.27. The summed E-state index contributed by atoms with van der Waals surface area (Å²) in [5.74, 6) is 0.246. The molecule has 2 aromatic heterocycles. The van der Waals surface area contributed by atoms with Gasteiger partial charge in [-0.2, -0.15) is 0 Å². The lowest BCUT2D eigenvalue weighted by atomic mass is 10.3. The summed E-state index contributed by atoms with van der Waals surface area (Å²) in [6.07, 6.45) is 1.60. The van der Waals surface area contributed by atoms with Gasteiger partial charge < -0.3 is 4.98 Å². The van der Waals surface area contributed by atoms with Gasteiger partial charge in [0, 0.05) is 6.20 Å². The van der Waals surface area contributed by atoms with Crippen LogP contribution >= 0.6 is 11.5 Å². The number of aromatic amines is 1. The molecule has 2 N–H and O–H groups in total. The number of benzene rings is 1. The number of imidazole rings is 1. The van der Waals surface area contributed by atoms with Crippen LogP contribution < -0.4 is 5.32 Å². The van der Waals surface area contributed by atoms with Crippen molar-refractivity contribution in [1.82, 2.24) is 14.3 Å². The van der Waals surface area contributed by atoms with Gasteiger partial charge in [-0.1, -0.05) is 12.1 Å². The molecule has 1 amide bonds. The smallest absolute Gasteiger partial charge is 0.269 e. The van der Waals surface area contributed by atoms with E-state index in [9.17, 15) is 4.79 Å². The lowest BCUT2D eigenvalue weighted by Crippen LogP contribution is -2.11. The van der Waals surface area contributed by atoms with E-state index < -0.39 is 0 Å². The fourth-order valence-electron chi connectivity index (χ4n) is 1.51. The fraction of sp³-hybridized carbons (Fsp3) is 0. The Morgan fingerprint density at radius 2 is 2.18 bits per heavy atom. The third-order valence-electron chi connectivity index (χ3n) is 2.28. The van der Waals surface area contributed by atoms with Crippen molar-refractivity contribution in [2.45, 2.75) is 0 Å². The number of hydrogen-bond acceptors (Lipinski definition) is 4. The minimum absolute atomic E-state index is 0.202. The van der Waals surface area contributed by atoms with Crippen LogP contribution in [0.2, 0.25) is 0 Å². The van der Waals surface area contributed by atoms with Gasteiger partial charge in [0.05, 0.1) is 11.0 Å². The minimum Gasteiger partial charge on any atom is -0.324 e. The highest BCUT2D eigenvalue weighted by atomic mass is 32.1. The Kier molecular flexibility index (Phi) is 2.34. The molecule has 0 saturated carbocycles. The second-order valence-electron chi connectivity index (χ2n) is 3.43. The lowest BCUT2D eigenvalue weighted by molar-refractivity contribution is 0.103. The Hall–Kier alpha value is -2.21. The maximum absolute atomic E-state index is 11.8. The normalized spacial score (nSPS) is 10.6. The van der Waals surface area contributed by atoms with Crippen molar-refractivity contribution in [3.8, 4) is 0 Å². The third kappa shape index (κ3) is 1.90. The summed E-state index contributed by atoms with van der Waals surface area (Å²) in [5.41, 5.74) is 1.72. The van der Waals surface area contributed by atoms with Gasteiger partial charge in [0.2, 0.25) is 5.95 Å². The monoisotopic (exact) mass is 244 g/mol. The molecule has 5 nitrogen and oxygen atoms in total. The molecular formula is C11H8N4OS. The van der Waals surface area contributed by atoms with Crippen molar-refractivity contribution in [2.24, 2.45) is 0 Å². The molecule has 0 saturated heterocycles. The van der Waals surface area contributed by atoms with Crippen molar-refractivity contribution in [2.75, 3.05) is 5.32 Å². The molecule has 17 heavy (non-hydrogen) atoms. The van der Waals surface area contributed by atoms with E-state index in [4.69, 9.17) is 0 Å². The van der Waals surface area contributed by atoms with E-state index in [0.29, 0.717) is 10.8 Å². The van der Waals surface area contributed by atoms with Crippen molar-refractivity contribution in [3.63, 3.8) is 0 Å². The molecule has 0 aliphatic rings. The molecule has 0 atom stereocenters. The van der Waals surface area contributed by atoms with Crippen LogP contribution in [-0.4, -0.2) is 20.2 Å². The van der Waals surface area contributed by atoms with Crippen molar-refractivity contribution in [3.05, 3.63) is 41.4 Å². The Morgan fingerprint density at radius 3 is 2.94 bits per heavy atom. The quantitative estimate of drug-likeness (QED) is 0.726. The first-order chi connectivity index (χ1) is 8.33. The Balaban J connectivity index is 1.88. The van der Waals surface area contributed by atoms with Gasteiger partial charge in [-0.15, -0.1) is 0 Å². The number of aromatic nitrogens is 3. The number of nitrogens with one attached hydrogen (secondary N) is 2. The first kappa shape index (κ1) is 9.98. The number of hydrogen-bond donors (Lipinski definition) is 2. The number of carbonyl (C=O) groups is 1. The average Bonchev–Trinajstić information content (AvgIpc) is 2.97. The van der Waals surface area contributed by atoms with E-state index >= 15 is 0 Å². The summed E-state index contributed by atoms with van der Waals surface area (Å²) in [7, 11) is 0. The molecule has 0 radical (unpaired) electrons. The van der Waals surface area contributed by atoms with Crippen molar-refractivity contribution in [1.29, 1.82) is 0 Å². The minimum atomic E-state index is -0.202. The van der Waals surface area contributed by atoms with E-state index in [0.717, 1.165) is 22.6 Å². The molecule has 3 rings (SSSR count). The second-order valence-corrected chi connectivity index (χ2v) is 4.27. The standard InChI is InChI=1S/C11H8N4OS/c16-10(9-5-6-12-17-9)15-11-13-7-3-1-2-4-8(7)14-11/h1-6H,(H2,13,14,15,16). The number of rotatable bonds is 2. The van der Waals surface area contributed by atoms with Crippen LogP contribution in [0.5, 0.6) is 0 Å². The first-order valence-corrected chi connectivity index (χ1v) is 5.77. The van der Waals surface area contributed by atoms with Crippen LogP contribution in [0, 0.1) is 0 Å². The van der Waals surface area contributed by atoms with Gasteiger partial charge >= 0.3 is 0 Å². The first-order valence-electron chi connectivity index (χ1n) is 5.00. The van der Waals surface area contributed by atoms with Crippen LogP contribution in [0.4, 0.5) is 5.95 Å². The summed E-state index contributed by atoms with van der Waals surface area (Å²) in [5, 5.41) is 2.70. The number of H-pyrrole nitrogens is 1. The van der Waals surface area contributed by atoms with E-state index in [2.05, 4.69) is 19.7 Å². The van der Waals surface area contributed by atoms with Crippen LogP contribution in [0.15, 0.2) is 36.5 Å². The van der Waals surface area contributed by atoms with Gasteiger partial charge in [-0.3, -0.25) is 10.1 Å². The van der Waals surface area contributed by atoms with Gasteiger partial charge in [0.25, 0.3) is 5.91 Å². The SMILES string of the molecule is O=C(Nc1nc2ccccc2[nH]1)c1ccns1. The topological polar surface area (TPSA) is 70.7 Å². The number of nitrogens with zero attached hydrogens (tertiary/aromatic N) is 2. The maximum Gasteiger partial charge on any atom is 0.269 e. The molecule has 0 unspecified atom stereocenters. The summed E-state index contributed by atoms with van der Waals surface area (Å²) in [6, 6.07) is 9.27. The van der Waals surface area contributed by atoms with Gasteiger partial charge in [-0.25, -0.2) is 9.36 Å². The van der Waals surface area contributed by atoms with E-state index in [1.54, 1.807) is 12.3 Å². The number of fused-ring (bicyclic) bond motifs is 1. The van der Waals surface area contributed by atoms with Crippen LogP contribution in [0.25, 0.3) is 11.0 Å². The number of para-hydroxylation sites is 2. The predicted molar refractivity (Wildman–Crippen MR) is 66.2 cm³/mol. The highest BCUT2D eigenvalue weighted by Crippen LogP contribution is 2.14. The number of anilines is 1. The highest BCUT2D eigenvalue weighted by molar-refractivity contribution is 7.08. The largest absolute Gasteiger partial charge is 0.324 e. The molecule has 0 fully saturated rings. The summed E-state index contributed by atoms with van der Waals surface area (Å²) >= 11 is 1.15. The van der Waals surface area contributed by atoms with Crippen LogP contribution in [0.3, 0.4) is 0 Å². The number of amides is 1. The average molecular weight is 244 g/mol. The van der Waals surface area contributed by atoms with Crippen LogP contribution in [0.1, 0.15) is 9.67 Å². The van der Waals surface area contributed by atoms with Gasteiger partial charge in [0.15, 0.2) is 0 Å². The van der Waals surface area contributed by atoms with Crippen molar-refractivity contribution < 1.29 is 4.79 Å². The zero-order valence-corrected chi connectivity index (χ0v) is 9.49. The fourth-order valence-corrected chi connectivity index (χ4v) is 2.00. The molecule has 2 heterocycles. The molecule has 6 heteroatoms. The lowest BCUT2D eigenvalue weighted by Gasteiger charge is -1.96. The molecule has 0 aliphatic carbocycles. The molecular weight excluding hydrogens is 236 g/mol. The van der Waals surface area contributed by atoms with Gasteiger partial charge in [-0.05, 0) is 29.7 Å². The van der Waals surface area contributed by atoms with Crippen LogP contribution in [-0.2, 0) is 0 Å². The van der Waals surface area contributed by atoms with Crippen molar-refractivity contribution >= 4 is 34.4 Å². The summed E-state index contributed by atoms with van der Waals surface area (Å²) in [4.78, 5) is 19.6. The second kappa shape index (κ2) is 3.99. The zero-order chi connectivity index (χ0) is 11.7. The number of carbonyl (C=O) groups excluding carboxylic acids is 1. The summed E-state index contributed by atoms with van der Waals surface area (Å²) < 4.78 is 3.88. The van der Waals surface area contributed by atoms with E-state index in [-0.39, 0.29) is 5.91 Å². The Bertz CT molecular complexity index is 626. The zero-order valence-electron chi connectivity index (χ0n) is 8.68. The molecule has 0 spiro atoms. The van der Waals surface area contributed by atoms with E-state index in [1.165, 1.54) is 0 Å². The maximum atomic E-state index is 11.8. The molecule has 0 bridgehead atoms. The molecule has 84 valence electrons. The molecule has 0 aliphatic heterocycles.